The summed E-state index contributed by atoms with van der Waals surface area (Å²) in [7, 11) is 0. The minimum Gasteiger partial charge on any atom is -0.368 e. The maximum atomic E-state index is 11.8. The molecule has 0 saturated heterocycles. The molecule has 6 heteroatoms. The van der Waals surface area contributed by atoms with E-state index in [-0.39, 0.29) is 6.54 Å². The van der Waals surface area contributed by atoms with Crippen LogP contribution in [0, 0.1) is 6.92 Å². The fraction of sp³-hybridized carbons (Fsp3) is 0.500. The summed E-state index contributed by atoms with van der Waals surface area (Å²) < 4.78 is 35.3. The normalized spacial score (nSPS) is 11.4. The van der Waals surface area contributed by atoms with Crippen LogP contribution in [0.4, 0.5) is 19.0 Å². The monoisotopic (exact) mass is 205 g/mol. The average molecular weight is 205 g/mol. The van der Waals surface area contributed by atoms with Gasteiger partial charge < -0.3 is 5.32 Å². The minimum absolute atomic E-state index is 0.178. The Morgan fingerprint density at radius 3 is 2.50 bits per heavy atom. The molecular weight excluding hydrogens is 195 g/mol. The first-order chi connectivity index (χ1) is 6.49. The van der Waals surface area contributed by atoms with Crippen molar-refractivity contribution in [3.8, 4) is 0 Å². The summed E-state index contributed by atoms with van der Waals surface area (Å²) in [6.07, 6.45) is -2.08. The van der Waals surface area contributed by atoms with Crippen molar-refractivity contribution in [1.29, 1.82) is 0 Å². The third-order valence-electron chi connectivity index (χ3n) is 1.58. The topological polar surface area (TPSA) is 37.8 Å². The molecule has 0 fully saturated rings. The van der Waals surface area contributed by atoms with E-state index in [9.17, 15) is 13.2 Å². The molecule has 1 N–H and O–H groups in total. The van der Waals surface area contributed by atoms with Crippen molar-refractivity contribution >= 4 is 5.82 Å². The maximum absolute atomic E-state index is 11.8. The Morgan fingerprint density at radius 2 is 1.93 bits per heavy atom. The van der Waals surface area contributed by atoms with Gasteiger partial charge in [-0.3, -0.25) is 4.98 Å². The van der Waals surface area contributed by atoms with Crippen molar-refractivity contribution in [3.05, 3.63) is 18.1 Å². The molecule has 0 bridgehead atoms. The highest BCUT2D eigenvalue weighted by atomic mass is 19.4. The van der Waals surface area contributed by atoms with Crippen molar-refractivity contribution < 1.29 is 13.2 Å². The number of anilines is 1. The van der Waals surface area contributed by atoms with Gasteiger partial charge in [0.05, 0.1) is 12.1 Å². The number of aryl methyl sites for hydroxylation is 1. The van der Waals surface area contributed by atoms with Gasteiger partial charge >= 0.3 is 6.18 Å². The summed E-state index contributed by atoms with van der Waals surface area (Å²) in [6.45, 7) is 1.51. The van der Waals surface area contributed by atoms with Crippen molar-refractivity contribution in [1.82, 2.24) is 9.97 Å². The first-order valence-electron chi connectivity index (χ1n) is 4.07. The summed E-state index contributed by atoms with van der Waals surface area (Å²) >= 11 is 0. The summed E-state index contributed by atoms with van der Waals surface area (Å²) in [5, 5.41) is 2.58. The molecule has 0 unspecified atom stereocenters. The molecule has 1 aromatic rings. The van der Waals surface area contributed by atoms with Crippen molar-refractivity contribution in [2.75, 3.05) is 11.9 Å². The van der Waals surface area contributed by atoms with Gasteiger partial charge in [0.25, 0.3) is 0 Å². The molecule has 1 rings (SSSR count). The molecule has 0 aliphatic heterocycles. The zero-order valence-corrected chi connectivity index (χ0v) is 7.60. The van der Waals surface area contributed by atoms with Crippen LogP contribution >= 0.6 is 0 Å². The number of halogens is 3. The fourth-order valence-electron chi connectivity index (χ4n) is 0.904. The van der Waals surface area contributed by atoms with Gasteiger partial charge in [-0.1, -0.05) is 0 Å². The van der Waals surface area contributed by atoms with Crippen LogP contribution in [0.2, 0.25) is 0 Å². The van der Waals surface area contributed by atoms with Crippen molar-refractivity contribution in [3.63, 3.8) is 0 Å². The van der Waals surface area contributed by atoms with Crippen LogP contribution in [0.15, 0.2) is 12.4 Å². The first kappa shape index (κ1) is 10.7. The van der Waals surface area contributed by atoms with Crippen LogP contribution < -0.4 is 5.32 Å². The van der Waals surface area contributed by atoms with Crippen LogP contribution in [0.25, 0.3) is 0 Å². The molecule has 14 heavy (non-hydrogen) atoms. The predicted molar refractivity (Wildman–Crippen MR) is 45.9 cm³/mol. The quantitative estimate of drug-likeness (QED) is 0.821. The van der Waals surface area contributed by atoms with Crippen LogP contribution in [0.3, 0.4) is 0 Å². The summed E-state index contributed by atoms with van der Waals surface area (Å²) in [6, 6.07) is 0. The van der Waals surface area contributed by atoms with Gasteiger partial charge in [0, 0.05) is 18.9 Å². The molecule has 0 aliphatic carbocycles. The third-order valence-corrected chi connectivity index (χ3v) is 1.58. The van der Waals surface area contributed by atoms with Crippen molar-refractivity contribution in [2.24, 2.45) is 0 Å². The van der Waals surface area contributed by atoms with Crippen LogP contribution in [-0.2, 0) is 0 Å². The number of hydrogen-bond acceptors (Lipinski definition) is 3. The molecule has 0 radical (unpaired) electrons. The number of aromatic nitrogens is 2. The Balaban J connectivity index is 2.43. The predicted octanol–water partition coefficient (Wildman–Crippen LogP) is 2.15. The van der Waals surface area contributed by atoms with E-state index in [1.807, 2.05) is 0 Å². The average Bonchev–Trinajstić information content (AvgIpc) is 2.06. The van der Waals surface area contributed by atoms with Gasteiger partial charge in [-0.15, -0.1) is 0 Å². The zero-order valence-electron chi connectivity index (χ0n) is 7.60. The second-order valence-corrected chi connectivity index (χ2v) is 2.78. The SMILES string of the molecule is Cc1nccnc1NCCC(F)(F)F. The second-order valence-electron chi connectivity index (χ2n) is 2.78. The van der Waals surface area contributed by atoms with E-state index in [0.29, 0.717) is 11.5 Å². The Labute approximate surface area is 79.4 Å². The Kier molecular flexibility index (Phi) is 3.27. The fourth-order valence-corrected chi connectivity index (χ4v) is 0.904. The van der Waals surface area contributed by atoms with E-state index >= 15 is 0 Å². The van der Waals surface area contributed by atoms with E-state index < -0.39 is 12.6 Å². The molecule has 0 aromatic carbocycles. The number of alkyl halides is 3. The maximum Gasteiger partial charge on any atom is 0.390 e. The lowest BCUT2D eigenvalue weighted by Gasteiger charge is -2.08. The summed E-state index contributed by atoms with van der Waals surface area (Å²) in [5.74, 6) is 0.400. The summed E-state index contributed by atoms with van der Waals surface area (Å²) in [5.41, 5.74) is 0.592. The zero-order chi connectivity index (χ0) is 10.6. The van der Waals surface area contributed by atoms with Gasteiger partial charge in [0.1, 0.15) is 5.82 Å². The van der Waals surface area contributed by atoms with E-state index in [1.165, 1.54) is 12.4 Å². The first-order valence-corrected chi connectivity index (χ1v) is 4.07. The van der Waals surface area contributed by atoms with Crippen LogP contribution in [-0.4, -0.2) is 22.7 Å². The minimum atomic E-state index is -4.14. The lowest BCUT2D eigenvalue weighted by atomic mass is 10.4. The van der Waals surface area contributed by atoms with E-state index in [0.717, 1.165) is 0 Å². The van der Waals surface area contributed by atoms with Crippen LogP contribution in [0.5, 0.6) is 0 Å². The van der Waals surface area contributed by atoms with Gasteiger partial charge in [-0.05, 0) is 6.92 Å². The Morgan fingerprint density at radius 1 is 1.29 bits per heavy atom. The van der Waals surface area contributed by atoms with Gasteiger partial charge in [0.2, 0.25) is 0 Å². The highest BCUT2D eigenvalue weighted by Crippen LogP contribution is 2.19. The molecule has 78 valence electrons. The number of hydrogen-bond donors (Lipinski definition) is 1. The van der Waals surface area contributed by atoms with Gasteiger partial charge in [-0.25, -0.2) is 4.98 Å². The van der Waals surface area contributed by atoms with Crippen LogP contribution in [0.1, 0.15) is 12.1 Å². The molecule has 1 heterocycles. The molecule has 0 saturated carbocycles. The summed E-state index contributed by atoms with van der Waals surface area (Å²) in [4.78, 5) is 7.74. The van der Waals surface area contributed by atoms with E-state index in [2.05, 4.69) is 15.3 Å². The van der Waals surface area contributed by atoms with Gasteiger partial charge in [0.15, 0.2) is 0 Å². The highest BCUT2D eigenvalue weighted by molar-refractivity contribution is 5.37. The number of nitrogens with one attached hydrogen (secondary N) is 1. The van der Waals surface area contributed by atoms with Crippen molar-refractivity contribution in [2.45, 2.75) is 19.5 Å². The molecule has 0 amide bonds. The molecule has 0 spiro atoms. The van der Waals surface area contributed by atoms with E-state index in [1.54, 1.807) is 6.92 Å². The number of nitrogens with zero attached hydrogens (tertiary/aromatic N) is 2. The largest absolute Gasteiger partial charge is 0.390 e. The second kappa shape index (κ2) is 4.26. The van der Waals surface area contributed by atoms with Gasteiger partial charge in [-0.2, -0.15) is 13.2 Å². The molecule has 0 aliphatic rings. The molecular formula is C8H10F3N3. The third kappa shape index (κ3) is 3.59. The van der Waals surface area contributed by atoms with E-state index in [4.69, 9.17) is 0 Å². The molecule has 1 aromatic heterocycles. The Hall–Kier alpha value is -1.33. The standard InChI is InChI=1S/C8H10F3N3/c1-6-7(14-5-4-12-6)13-3-2-8(9,10)11/h4-5H,2-3H2,1H3,(H,13,14). The highest BCUT2D eigenvalue weighted by Gasteiger charge is 2.26. The molecule has 3 nitrogen and oxygen atoms in total. The Bertz CT molecular complexity index is 298. The number of rotatable bonds is 3. The lowest BCUT2D eigenvalue weighted by Crippen LogP contribution is -2.15. The lowest BCUT2D eigenvalue weighted by molar-refractivity contribution is -0.131. The molecule has 0 atom stereocenters. The smallest absolute Gasteiger partial charge is 0.368 e.